The Labute approximate surface area is 112 Å². The maximum Gasteiger partial charge on any atom is 0.138 e. The number of pyridine rings is 1. The van der Waals surface area contributed by atoms with Crippen LogP contribution in [0.4, 0.5) is 0 Å². The Morgan fingerprint density at radius 3 is 2.58 bits per heavy atom. The average Bonchev–Trinajstić information content (AvgIpc) is 2.84. The molecule has 0 saturated carbocycles. The van der Waals surface area contributed by atoms with Crippen molar-refractivity contribution in [1.29, 1.82) is 0 Å². The molecule has 0 aliphatic carbocycles. The molecule has 19 heavy (non-hydrogen) atoms. The van der Waals surface area contributed by atoms with Gasteiger partial charge in [-0.05, 0) is 36.6 Å². The molecule has 0 aliphatic heterocycles. The van der Waals surface area contributed by atoms with Crippen molar-refractivity contribution in [1.82, 2.24) is 9.38 Å². The van der Waals surface area contributed by atoms with E-state index in [0.717, 1.165) is 29.0 Å². The predicted octanol–water partition coefficient (Wildman–Crippen LogP) is 3.30. The Balaban J connectivity index is 2.12. The van der Waals surface area contributed by atoms with E-state index in [-0.39, 0.29) is 0 Å². The first-order valence-corrected chi connectivity index (χ1v) is 6.41. The largest absolute Gasteiger partial charge is 0.293 e. The number of aromatic nitrogens is 2. The van der Waals surface area contributed by atoms with Crippen LogP contribution in [0.2, 0.25) is 0 Å². The molecule has 0 unspecified atom stereocenters. The van der Waals surface area contributed by atoms with Gasteiger partial charge in [0.05, 0.1) is 5.69 Å². The highest BCUT2D eigenvalue weighted by molar-refractivity contribution is 5.50. The second-order valence-corrected chi connectivity index (χ2v) is 4.31. The zero-order valence-electron chi connectivity index (χ0n) is 10.8. The molecular formula is C17H14N2. The number of imidazole rings is 1. The van der Waals surface area contributed by atoms with Crippen LogP contribution in [0, 0.1) is 11.8 Å². The van der Waals surface area contributed by atoms with Gasteiger partial charge in [0.2, 0.25) is 0 Å². The summed E-state index contributed by atoms with van der Waals surface area (Å²) < 4.78 is 2.05. The van der Waals surface area contributed by atoms with E-state index in [4.69, 9.17) is 0 Å². The van der Waals surface area contributed by atoms with Crippen molar-refractivity contribution in [3.05, 3.63) is 71.7 Å². The molecule has 0 spiro atoms. The summed E-state index contributed by atoms with van der Waals surface area (Å²) >= 11 is 0. The molecule has 2 aromatic heterocycles. The van der Waals surface area contributed by atoms with Crippen molar-refractivity contribution < 1.29 is 0 Å². The molecule has 0 amide bonds. The molecular weight excluding hydrogens is 232 g/mol. The van der Waals surface area contributed by atoms with Crippen LogP contribution in [0.5, 0.6) is 0 Å². The van der Waals surface area contributed by atoms with E-state index in [1.54, 1.807) is 0 Å². The fraction of sp³-hybridized carbons (Fsp3) is 0.118. The van der Waals surface area contributed by atoms with Crippen LogP contribution in [-0.4, -0.2) is 9.38 Å². The van der Waals surface area contributed by atoms with Gasteiger partial charge in [0.15, 0.2) is 0 Å². The normalized spacial score (nSPS) is 10.2. The van der Waals surface area contributed by atoms with Gasteiger partial charge < -0.3 is 0 Å². The first-order chi connectivity index (χ1) is 9.38. The van der Waals surface area contributed by atoms with E-state index >= 15 is 0 Å². The molecule has 2 heteroatoms. The summed E-state index contributed by atoms with van der Waals surface area (Å²) in [6, 6.07) is 16.0. The monoisotopic (exact) mass is 246 g/mol. The third-order valence-electron chi connectivity index (χ3n) is 3.04. The van der Waals surface area contributed by atoms with Crippen LogP contribution in [0.1, 0.15) is 23.9 Å². The maximum absolute atomic E-state index is 4.60. The number of aryl methyl sites for hydroxylation is 1. The second kappa shape index (κ2) is 4.99. The highest BCUT2D eigenvalue weighted by atomic mass is 15.0. The van der Waals surface area contributed by atoms with Crippen molar-refractivity contribution in [2.75, 3.05) is 0 Å². The summed E-state index contributed by atoms with van der Waals surface area (Å²) in [7, 11) is 0. The molecule has 3 rings (SSSR count). The smallest absolute Gasteiger partial charge is 0.138 e. The van der Waals surface area contributed by atoms with Gasteiger partial charge in [0, 0.05) is 11.8 Å². The lowest BCUT2D eigenvalue weighted by atomic mass is 10.2. The van der Waals surface area contributed by atoms with Crippen molar-refractivity contribution in [3.8, 4) is 11.8 Å². The third kappa shape index (κ3) is 2.23. The van der Waals surface area contributed by atoms with Crippen molar-refractivity contribution in [3.63, 3.8) is 0 Å². The van der Waals surface area contributed by atoms with Gasteiger partial charge >= 0.3 is 0 Å². The third-order valence-corrected chi connectivity index (χ3v) is 3.04. The number of hydrogen-bond acceptors (Lipinski definition) is 1. The first kappa shape index (κ1) is 11.6. The van der Waals surface area contributed by atoms with E-state index < -0.39 is 0 Å². The van der Waals surface area contributed by atoms with Gasteiger partial charge in [-0.15, -0.1) is 0 Å². The topological polar surface area (TPSA) is 17.3 Å². The number of hydrogen-bond donors (Lipinski definition) is 0. The Bertz CT molecular complexity index is 758. The lowest BCUT2D eigenvalue weighted by Crippen LogP contribution is -1.90. The van der Waals surface area contributed by atoms with E-state index in [0.29, 0.717) is 0 Å². The van der Waals surface area contributed by atoms with Gasteiger partial charge in [0.25, 0.3) is 0 Å². The fourth-order valence-electron chi connectivity index (χ4n) is 2.08. The van der Waals surface area contributed by atoms with E-state index in [2.05, 4.69) is 28.1 Å². The van der Waals surface area contributed by atoms with Crippen molar-refractivity contribution in [2.24, 2.45) is 0 Å². The summed E-state index contributed by atoms with van der Waals surface area (Å²) in [6.07, 6.45) is 2.90. The molecule has 0 fully saturated rings. The summed E-state index contributed by atoms with van der Waals surface area (Å²) in [5.74, 6) is 6.46. The molecule has 0 bridgehead atoms. The Morgan fingerprint density at radius 1 is 1.00 bits per heavy atom. The Kier molecular flexibility index (Phi) is 3.04. The highest BCUT2D eigenvalue weighted by Gasteiger charge is 2.07. The molecule has 0 aliphatic rings. The van der Waals surface area contributed by atoms with Crippen LogP contribution in [0.15, 0.2) is 54.7 Å². The zero-order valence-corrected chi connectivity index (χ0v) is 10.8. The molecule has 0 atom stereocenters. The van der Waals surface area contributed by atoms with Crippen LogP contribution in [0.25, 0.3) is 5.65 Å². The molecule has 2 heterocycles. The number of rotatable bonds is 1. The number of benzene rings is 1. The minimum Gasteiger partial charge on any atom is -0.293 e. The molecule has 3 aromatic rings. The Hall–Kier alpha value is -2.53. The van der Waals surface area contributed by atoms with E-state index in [9.17, 15) is 0 Å². The van der Waals surface area contributed by atoms with Gasteiger partial charge in [-0.25, -0.2) is 4.98 Å². The number of fused-ring (bicyclic) bond motifs is 1. The first-order valence-electron chi connectivity index (χ1n) is 6.41. The van der Waals surface area contributed by atoms with Crippen LogP contribution in [0.3, 0.4) is 0 Å². The zero-order chi connectivity index (χ0) is 13.1. The fourth-order valence-corrected chi connectivity index (χ4v) is 2.08. The molecule has 2 nitrogen and oxygen atoms in total. The minimum atomic E-state index is 0.889. The molecule has 0 N–H and O–H groups in total. The summed E-state index contributed by atoms with van der Waals surface area (Å²) in [5.41, 5.74) is 4.02. The lowest BCUT2D eigenvalue weighted by molar-refractivity contribution is 1.05. The second-order valence-electron chi connectivity index (χ2n) is 4.31. The average molecular weight is 246 g/mol. The quantitative estimate of drug-likeness (QED) is 0.602. The summed E-state index contributed by atoms with van der Waals surface area (Å²) in [4.78, 5) is 4.60. The van der Waals surface area contributed by atoms with Crippen LogP contribution >= 0.6 is 0 Å². The summed E-state index contributed by atoms with van der Waals surface area (Å²) in [5, 5.41) is 0. The van der Waals surface area contributed by atoms with Crippen molar-refractivity contribution >= 4 is 5.65 Å². The van der Waals surface area contributed by atoms with Gasteiger partial charge in [-0.1, -0.05) is 37.1 Å². The molecule has 92 valence electrons. The molecule has 1 aromatic carbocycles. The van der Waals surface area contributed by atoms with Gasteiger partial charge in [-0.3, -0.25) is 4.40 Å². The maximum atomic E-state index is 4.60. The van der Waals surface area contributed by atoms with Crippen LogP contribution < -0.4 is 0 Å². The van der Waals surface area contributed by atoms with Crippen molar-refractivity contribution in [2.45, 2.75) is 13.3 Å². The SMILES string of the molecule is CCc1nc2ccccn2c1C#Cc1ccccc1. The Morgan fingerprint density at radius 2 is 1.79 bits per heavy atom. The van der Waals surface area contributed by atoms with E-state index in [1.165, 1.54) is 0 Å². The van der Waals surface area contributed by atoms with Gasteiger partial charge in [0.1, 0.15) is 11.3 Å². The standard InChI is InChI=1S/C17H14N2/c1-2-15-16(12-11-14-8-4-3-5-9-14)19-13-7-6-10-17(19)18-15/h3-10,13H,2H2,1H3. The van der Waals surface area contributed by atoms with E-state index in [1.807, 2.05) is 54.7 Å². The highest BCUT2D eigenvalue weighted by Crippen LogP contribution is 2.12. The predicted molar refractivity (Wildman–Crippen MR) is 77.0 cm³/mol. The minimum absolute atomic E-state index is 0.889. The lowest BCUT2D eigenvalue weighted by Gasteiger charge is -1.94. The number of nitrogens with zero attached hydrogens (tertiary/aromatic N) is 2. The van der Waals surface area contributed by atoms with Gasteiger partial charge in [-0.2, -0.15) is 0 Å². The summed E-state index contributed by atoms with van der Waals surface area (Å²) in [6.45, 7) is 2.11. The molecule has 0 saturated heterocycles. The molecule has 0 radical (unpaired) electrons. The van der Waals surface area contributed by atoms with Crippen LogP contribution in [-0.2, 0) is 6.42 Å².